The molecule has 19 heavy (non-hydrogen) atoms. The number of alkyl halides is 3. The first kappa shape index (κ1) is 14.3. The molecule has 0 aliphatic heterocycles. The molecule has 0 spiro atoms. The highest BCUT2D eigenvalue weighted by Crippen LogP contribution is 2.30. The maximum Gasteiger partial charge on any atom is 0.416 e. The van der Waals surface area contributed by atoms with Gasteiger partial charge in [-0.05, 0) is 46.6 Å². The first-order chi connectivity index (χ1) is 8.95. The molecule has 0 saturated carbocycles. The second-order valence-electron chi connectivity index (χ2n) is 3.81. The predicted octanol–water partition coefficient (Wildman–Crippen LogP) is 4.58. The van der Waals surface area contributed by atoms with Crippen LogP contribution in [0.5, 0.6) is 0 Å². The van der Waals surface area contributed by atoms with Gasteiger partial charge in [0.2, 0.25) is 0 Å². The summed E-state index contributed by atoms with van der Waals surface area (Å²) in [6.45, 7) is 0.543. The van der Waals surface area contributed by atoms with E-state index in [0.29, 0.717) is 6.54 Å². The van der Waals surface area contributed by atoms with Gasteiger partial charge in [-0.3, -0.25) is 0 Å². The lowest BCUT2D eigenvalue weighted by molar-refractivity contribution is -0.137. The van der Waals surface area contributed by atoms with Crippen molar-refractivity contribution in [2.75, 3.05) is 11.9 Å². The van der Waals surface area contributed by atoms with Gasteiger partial charge in [0.15, 0.2) is 0 Å². The predicted molar refractivity (Wildman–Crippen MR) is 73.5 cm³/mol. The van der Waals surface area contributed by atoms with Crippen LogP contribution in [-0.4, -0.2) is 11.5 Å². The summed E-state index contributed by atoms with van der Waals surface area (Å²) in [5.41, 5.74) is -0.691. The normalized spacial score (nSPS) is 11.6. The lowest BCUT2D eigenvalue weighted by Gasteiger charge is -2.09. The molecule has 2 aromatic heterocycles. The van der Waals surface area contributed by atoms with Crippen molar-refractivity contribution in [3.63, 3.8) is 0 Å². The molecule has 0 unspecified atom stereocenters. The van der Waals surface area contributed by atoms with Crippen molar-refractivity contribution in [3.05, 3.63) is 44.7 Å². The van der Waals surface area contributed by atoms with Crippen LogP contribution in [0, 0.1) is 0 Å². The Morgan fingerprint density at radius 1 is 1.26 bits per heavy atom. The highest BCUT2D eigenvalue weighted by molar-refractivity contribution is 9.11. The molecule has 2 nitrogen and oxygen atoms in total. The Morgan fingerprint density at radius 2 is 2.05 bits per heavy atom. The van der Waals surface area contributed by atoms with E-state index in [1.54, 1.807) is 11.3 Å². The molecular formula is C12H10BrF3N2S. The fourth-order valence-electron chi connectivity index (χ4n) is 1.50. The van der Waals surface area contributed by atoms with Crippen LogP contribution in [-0.2, 0) is 12.6 Å². The molecule has 2 heterocycles. The number of hydrogen-bond donors (Lipinski definition) is 1. The Balaban J connectivity index is 1.93. The van der Waals surface area contributed by atoms with Gasteiger partial charge in [0.25, 0.3) is 0 Å². The number of halogens is 4. The molecule has 0 aromatic carbocycles. The molecule has 2 rings (SSSR count). The smallest absolute Gasteiger partial charge is 0.370 e. The van der Waals surface area contributed by atoms with E-state index in [9.17, 15) is 13.2 Å². The van der Waals surface area contributed by atoms with E-state index in [1.165, 1.54) is 0 Å². The van der Waals surface area contributed by atoms with Gasteiger partial charge in [-0.1, -0.05) is 0 Å². The van der Waals surface area contributed by atoms with Crippen molar-refractivity contribution in [2.24, 2.45) is 0 Å². The molecule has 0 fully saturated rings. The van der Waals surface area contributed by atoms with Gasteiger partial charge in [-0.25, -0.2) is 4.98 Å². The highest BCUT2D eigenvalue weighted by Gasteiger charge is 2.30. The largest absolute Gasteiger partial charge is 0.416 e. The van der Waals surface area contributed by atoms with E-state index in [4.69, 9.17) is 0 Å². The van der Waals surface area contributed by atoms with Gasteiger partial charge in [0.1, 0.15) is 5.82 Å². The monoisotopic (exact) mass is 350 g/mol. The Bertz CT molecular complexity index is 554. The van der Waals surface area contributed by atoms with Crippen molar-refractivity contribution in [2.45, 2.75) is 12.6 Å². The Morgan fingerprint density at radius 3 is 2.68 bits per heavy atom. The van der Waals surface area contributed by atoms with Crippen LogP contribution in [0.2, 0.25) is 0 Å². The van der Waals surface area contributed by atoms with E-state index in [1.807, 2.05) is 12.1 Å². The van der Waals surface area contributed by atoms with Crippen molar-refractivity contribution >= 4 is 33.1 Å². The number of aromatic nitrogens is 1. The number of nitrogens with zero attached hydrogens (tertiary/aromatic N) is 1. The summed E-state index contributed by atoms with van der Waals surface area (Å²) >= 11 is 4.97. The lowest BCUT2D eigenvalue weighted by atomic mass is 10.2. The maximum atomic E-state index is 12.5. The standard InChI is InChI=1S/C12H10BrF3N2S/c13-10-2-1-9(19-10)4-6-18-11-7-8(3-5-17-11)12(14,15)16/h1-3,5,7H,4,6H2,(H,17,18). The first-order valence-corrected chi connectivity index (χ1v) is 7.07. The summed E-state index contributed by atoms with van der Waals surface area (Å²) in [5, 5.41) is 2.90. The molecule has 7 heteroatoms. The Hall–Kier alpha value is -1.08. The third kappa shape index (κ3) is 4.21. The minimum Gasteiger partial charge on any atom is -0.370 e. The van der Waals surface area contributed by atoms with Gasteiger partial charge in [0, 0.05) is 17.6 Å². The average molecular weight is 351 g/mol. The minimum absolute atomic E-state index is 0.241. The molecule has 0 aliphatic rings. The molecular weight excluding hydrogens is 341 g/mol. The lowest BCUT2D eigenvalue weighted by Crippen LogP contribution is -2.09. The topological polar surface area (TPSA) is 24.9 Å². The second-order valence-corrected chi connectivity index (χ2v) is 6.36. The number of pyridine rings is 1. The van der Waals surface area contributed by atoms with Crippen LogP contribution in [0.4, 0.5) is 19.0 Å². The SMILES string of the molecule is FC(F)(F)c1ccnc(NCCc2ccc(Br)s2)c1. The van der Waals surface area contributed by atoms with E-state index >= 15 is 0 Å². The third-order valence-electron chi connectivity index (χ3n) is 2.39. The number of nitrogens with one attached hydrogen (secondary N) is 1. The summed E-state index contributed by atoms with van der Waals surface area (Å²) in [7, 11) is 0. The fourth-order valence-corrected chi connectivity index (χ4v) is 2.99. The second kappa shape index (κ2) is 5.92. The maximum absolute atomic E-state index is 12.5. The summed E-state index contributed by atoms with van der Waals surface area (Å²) in [4.78, 5) is 5.03. The van der Waals surface area contributed by atoms with Crippen molar-refractivity contribution in [1.29, 1.82) is 0 Å². The molecule has 2 aromatic rings. The van der Waals surface area contributed by atoms with Crippen LogP contribution in [0.1, 0.15) is 10.4 Å². The highest BCUT2D eigenvalue weighted by atomic mass is 79.9. The zero-order valence-electron chi connectivity index (χ0n) is 9.67. The number of hydrogen-bond acceptors (Lipinski definition) is 3. The van der Waals surface area contributed by atoms with E-state index in [2.05, 4.69) is 26.2 Å². The van der Waals surface area contributed by atoms with Crippen LogP contribution >= 0.6 is 27.3 Å². The minimum atomic E-state index is -4.34. The van der Waals surface area contributed by atoms with Gasteiger partial charge in [0.05, 0.1) is 9.35 Å². The quantitative estimate of drug-likeness (QED) is 0.872. The molecule has 0 saturated heterocycles. The van der Waals surface area contributed by atoms with E-state index < -0.39 is 11.7 Å². The van der Waals surface area contributed by atoms with Crippen molar-refractivity contribution in [3.8, 4) is 0 Å². The number of rotatable bonds is 4. The molecule has 102 valence electrons. The van der Waals surface area contributed by atoms with Crippen molar-refractivity contribution in [1.82, 2.24) is 4.98 Å². The molecule has 0 aliphatic carbocycles. The van der Waals surface area contributed by atoms with Crippen molar-refractivity contribution < 1.29 is 13.2 Å². The van der Waals surface area contributed by atoms with Crippen LogP contribution < -0.4 is 5.32 Å². The van der Waals surface area contributed by atoms with Crippen LogP contribution in [0.15, 0.2) is 34.2 Å². The molecule has 0 radical (unpaired) electrons. The Labute approximate surface area is 120 Å². The molecule has 1 N–H and O–H groups in total. The molecule has 0 atom stereocenters. The van der Waals surface area contributed by atoms with Crippen LogP contribution in [0.3, 0.4) is 0 Å². The third-order valence-corrected chi connectivity index (χ3v) is 4.08. The van der Waals surface area contributed by atoms with Gasteiger partial charge < -0.3 is 5.32 Å². The fraction of sp³-hybridized carbons (Fsp3) is 0.250. The van der Waals surface area contributed by atoms with Gasteiger partial charge in [-0.15, -0.1) is 11.3 Å². The molecule has 0 amide bonds. The van der Waals surface area contributed by atoms with E-state index in [-0.39, 0.29) is 5.82 Å². The summed E-state index contributed by atoms with van der Waals surface area (Å²) in [5.74, 6) is 0.241. The van der Waals surface area contributed by atoms with Crippen LogP contribution in [0.25, 0.3) is 0 Å². The average Bonchev–Trinajstić information content (AvgIpc) is 2.74. The van der Waals surface area contributed by atoms with Gasteiger partial charge >= 0.3 is 6.18 Å². The first-order valence-electron chi connectivity index (χ1n) is 5.46. The van der Waals surface area contributed by atoms with E-state index in [0.717, 1.165) is 33.4 Å². The zero-order valence-corrected chi connectivity index (χ0v) is 12.1. The van der Waals surface area contributed by atoms with Gasteiger partial charge in [-0.2, -0.15) is 13.2 Å². The Kier molecular flexibility index (Phi) is 4.46. The zero-order chi connectivity index (χ0) is 13.9. The number of anilines is 1. The summed E-state index contributed by atoms with van der Waals surface area (Å²) in [6, 6.07) is 5.91. The molecule has 0 bridgehead atoms. The summed E-state index contributed by atoms with van der Waals surface area (Å²) in [6.07, 6.45) is -2.43. The number of thiophene rings is 1. The summed E-state index contributed by atoms with van der Waals surface area (Å²) < 4.78 is 38.5.